The van der Waals surface area contributed by atoms with Crippen LogP contribution in [0.2, 0.25) is 0 Å². The lowest BCUT2D eigenvalue weighted by Gasteiger charge is -2.21. The minimum atomic E-state index is -0.593. The highest BCUT2D eigenvalue weighted by molar-refractivity contribution is 5.89. The van der Waals surface area contributed by atoms with Crippen LogP contribution in [0.5, 0.6) is 0 Å². The molecule has 0 saturated heterocycles. The number of rotatable bonds is 6. The summed E-state index contributed by atoms with van der Waals surface area (Å²) in [6, 6.07) is -0.593. The van der Waals surface area contributed by atoms with Crippen molar-refractivity contribution in [3.8, 4) is 0 Å². The van der Waals surface area contributed by atoms with E-state index in [0.29, 0.717) is 13.0 Å². The van der Waals surface area contributed by atoms with E-state index in [4.69, 9.17) is 0 Å². The molecule has 0 rings (SSSR count). The standard InChI is InChI=1S/C13H24N2O4/c1-9(15-12(18)13(2,3)4)11(17)14-8-6-7-10(16)19-5/h9H,6-8H2,1-5H3,(H,14,17)(H,15,18). The summed E-state index contributed by atoms with van der Waals surface area (Å²) >= 11 is 0. The first kappa shape index (κ1) is 17.4. The SMILES string of the molecule is COC(=O)CCCNC(=O)C(C)NC(=O)C(C)(C)C. The van der Waals surface area contributed by atoms with Crippen LogP contribution in [0.1, 0.15) is 40.5 Å². The van der Waals surface area contributed by atoms with Crippen molar-refractivity contribution >= 4 is 17.8 Å². The third-order valence-corrected chi connectivity index (χ3v) is 2.51. The summed E-state index contributed by atoms with van der Waals surface area (Å²) in [5, 5.41) is 5.30. The molecule has 2 amide bonds. The van der Waals surface area contributed by atoms with Crippen molar-refractivity contribution in [1.29, 1.82) is 0 Å². The number of hydrogen-bond acceptors (Lipinski definition) is 4. The molecule has 0 aromatic carbocycles. The van der Waals surface area contributed by atoms with Crippen LogP contribution < -0.4 is 10.6 Å². The number of ether oxygens (including phenoxy) is 1. The molecule has 6 nitrogen and oxygen atoms in total. The van der Waals surface area contributed by atoms with Crippen molar-refractivity contribution in [2.45, 2.75) is 46.6 Å². The normalized spacial score (nSPS) is 12.5. The maximum Gasteiger partial charge on any atom is 0.305 e. The molecule has 0 bridgehead atoms. The van der Waals surface area contributed by atoms with E-state index in [1.165, 1.54) is 7.11 Å². The molecule has 0 saturated carbocycles. The predicted octanol–water partition coefficient (Wildman–Crippen LogP) is 0.607. The van der Waals surface area contributed by atoms with Crippen LogP contribution in [-0.2, 0) is 19.1 Å². The lowest BCUT2D eigenvalue weighted by atomic mass is 9.95. The second-order valence-electron chi connectivity index (χ2n) is 5.42. The second kappa shape index (κ2) is 7.76. The van der Waals surface area contributed by atoms with Crippen LogP contribution in [0.3, 0.4) is 0 Å². The predicted molar refractivity (Wildman–Crippen MR) is 71.3 cm³/mol. The maximum atomic E-state index is 11.7. The smallest absolute Gasteiger partial charge is 0.305 e. The van der Waals surface area contributed by atoms with Gasteiger partial charge >= 0.3 is 5.97 Å². The Morgan fingerprint density at radius 1 is 1.21 bits per heavy atom. The quantitative estimate of drug-likeness (QED) is 0.548. The average molecular weight is 272 g/mol. The van der Waals surface area contributed by atoms with Crippen molar-refractivity contribution in [2.24, 2.45) is 5.41 Å². The molecule has 1 atom stereocenters. The van der Waals surface area contributed by atoms with Gasteiger partial charge in [-0.3, -0.25) is 14.4 Å². The van der Waals surface area contributed by atoms with E-state index in [1.54, 1.807) is 27.7 Å². The molecule has 0 radical (unpaired) electrons. The summed E-state index contributed by atoms with van der Waals surface area (Å²) in [5.74, 6) is -0.740. The van der Waals surface area contributed by atoms with Crippen molar-refractivity contribution in [3.05, 3.63) is 0 Å². The zero-order valence-electron chi connectivity index (χ0n) is 12.3. The summed E-state index contributed by atoms with van der Waals surface area (Å²) < 4.78 is 4.49. The van der Waals surface area contributed by atoms with Gasteiger partial charge in [0, 0.05) is 18.4 Å². The van der Waals surface area contributed by atoms with Gasteiger partial charge in [-0.1, -0.05) is 20.8 Å². The van der Waals surface area contributed by atoms with Gasteiger partial charge in [-0.15, -0.1) is 0 Å². The Labute approximate surface area is 114 Å². The number of carbonyl (C=O) groups is 3. The molecule has 2 N–H and O–H groups in total. The molecule has 0 spiro atoms. The average Bonchev–Trinajstić information content (AvgIpc) is 2.32. The Morgan fingerprint density at radius 2 is 1.79 bits per heavy atom. The van der Waals surface area contributed by atoms with E-state index in [0.717, 1.165) is 0 Å². The zero-order valence-corrected chi connectivity index (χ0v) is 12.3. The number of carbonyl (C=O) groups excluding carboxylic acids is 3. The zero-order chi connectivity index (χ0) is 15.1. The van der Waals surface area contributed by atoms with Crippen LogP contribution in [-0.4, -0.2) is 37.5 Å². The molecule has 0 aromatic heterocycles. The summed E-state index contributed by atoms with van der Waals surface area (Å²) in [5.41, 5.74) is -0.528. The molecular formula is C13H24N2O4. The fourth-order valence-corrected chi connectivity index (χ4v) is 1.18. The van der Waals surface area contributed by atoms with Gasteiger partial charge in [0.05, 0.1) is 7.11 Å². The number of hydrogen-bond donors (Lipinski definition) is 2. The largest absolute Gasteiger partial charge is 0.469 e. The summed E-state index contributed by atoms with van der Waals surface area (Å²) in [4.78, 5) is 34.2. The Hall–Kier alpha value is -1.59. The Bertz CT molecular complexity index is 334. The number of methoxy groups -OCH3 is 1. The molecule has 19 heavy (non-hydrogen) atoms. The van der Waals surface area contributed by atoms with Gasteiger partial charge < -0.3 is 15.4 Å². The van der Waals surface area contributed by atoms with Gasteiger partial charge in [-0.05, 0) is 13.3 Å². The van der Waals surface area contributed by atoms with E-state index >= 15 is 0 Å². The first-order valence-corrected chi connectivity index (χ1v) is 6.34. The topological polar surface area (TPSA) is 84.5 Å². The van der Waals surface area contributed by atoms with E-state index in [-0.39, 0.29) is 24.2 Å². The van der Waals surface area contributed by atoms with Crippen LogP contribution in [0.15, 0.2) is 0 Å². The van der Waals surface area contributed by atoms with Crippen molar-refractivity contribution < 1.29 is 19.1 Å². The molecule has 0 heterocycles. The molecule has 0 aliphatic carbocycles. The first-order valence-electron chi connectivity index (χ1n) is 6.34. The van der Waals surface area contributed by atoms with Gasteiger partial charge in [-0.2, -0.15) is 0 Å². The lowest BCUT2D eigenvalue weighted by Crippen LogP contribution is -2.48. The second-order valence-corrected chi connectivity index (χ2v) is 5.42. The highest BCUT2D eigenvalue weighted by Gasteiger charge is 2.24. The lowest BCUT2D eigenvalue weighted by molar-refractivity contribution is -0.140. The highest BCUT2D eigenvalue weighted by Crippen LogP contribution is 2.12. The van der Waals surface area contributed by atoms with E-state index in [2.05, 4.69) is 15.4 Å². The molecule has 0 aliphatic rings. The van der Waals surface area contributed by atoms with Gasteiger partial charge in [0.15, 0.2) is 0 Å². The molecule has 1 unspecified atom stereocenters. The number of nitrogens with one attached hydrogen (secondary N) is 2. The third kappa shape index (κ3) is 7.43. The van der Waals surface area contributed by atoms with Crippen molar-refractivity contribution in [1.82, 2.24) is 10.6 Å². The highest BCUT2D eigenvalue weighted by atomic mass is 16.5. The molecule has 0 fully saturated rings. The molecule has 0 aliphatic heterocycles. The van der Waals surface area contributed by atoms with Crippen molar-refractivity contribution in [3.63, 3.8) is 0 Å². The Kier molecular flexibility index (Phi) is 7.11. The van der Waals surface area contributed by atoms with Crippen LogP contribution in [0.25, 0.3) is 0 Å². The van der Waals surface area contributed by atoms with Crippen molar-refractivity contribution in [2.75, 3.05) is 13.7 Å². The first-order chi connectivity index (χ1) is 8.68. The Balaban J connectivity index is 3.95. The molecule has 110 valence electrons. The Morgan fingerprint density at radius 3 is 2.26 bits per heavy atom. The van der Waals surface area contributed by atoms with Crippen LogP contribution in [0.4, 0.5) is 0 Å². The molecule has 6 heteroatoms. The summed E-state index contributed by atoms with van der Waals surface area (Å²) in [6.45, 7) is 7.35. The van der Waals surface area contributed by atoms with Gasteiger partial charge in [0.2, 0.25) is 11.8 Å². The van der Waals surface area contributed by atoms with E-state index in [9.17, 15) is 14.4 Å². The van der Waals surface area contributed by atoms with E-state index < -0.39 is 11.5 Å². The number of esters is 1. The van der Waals surface area contributed by atoms with Gasteiger partial charge in [0.25, 0.3) is 0 Å². The minimum absolute atomic E-state index is 0.176. The molecule has 0 aromatic rings. The van der Waals surface area contributed by atoms with Crippen LogP contribution >= 0.6 is 0 Å². The number of amides is 2. The minimum Gasteiger partial charge on any atom is -0.469 e. The van der Waals surface area contributed by atoms with Gasteiger partial charge in [-0.25, -0.2) is 0 Å². The summed E-state index contributed by atoms with van der Waals surface area (Å²) in [7, 11) is 1.32. The summed E-state index contributed by atoms with van der Waals surface area (Å²) in [6.07, 6.45) is 0.776. The fraction of sp³-hybridized carbons (Fsp3) is 0.769. The molecular weight excluding hydrogens is 248 g/mol. The van der Waals surface area contributed by atoms with E-state index in [1.807, 2.05) is 0 Å². The fourth-order valence-electron chi connectivity index (χ4n) is 1.18. The maximum absolute atomic E-state index is 11.7. The third-order valence-electron chi connectivity index (χ3n) is 2.51. The van der Waals surface area contributed by atoms with Crippen LogP contribution in [0, 0.1) is 5.41 Å². The van der Waals surface area contributed by atoms with Gasteiger partial charge in [0.1, 0.15) is 6.04 Å². The monoisotopic (exact) mass is 272 g/mol.